The molecular weight excluding hydrogens is 1190 g/mol. The van der Waals surface area contributed by atoms with Gasteiger partial charge in [0, 0.05) is 60.7 Å². The summed E-state index contributed by atoms with van der Waals surface area (Å²) >= 11 is 0. The van der Waals surface area contributed by atoms with Gasteiger partial charge in [-0.2, -0.15) is 0 Å². The average molecular weight is 1270 g/mol. The van der Waals surface area contributed by atoms with Crippen LogP contribution in [0, 0.1) is 12.7 Å². The number of ether oxygens (including phenoxy) is 10. The molecule has 7 N–H and O–H groups in total. The third kappa shape index (κ3) is 18.9. The SMILES string of the molecule is CC[C@@]1(O)C(=O)OCc2c1cc1n(c2=O)Cc2c-1nc1cc(F)c(C)c3c1c2[C@@H](NC(=O)[C@H](O)COCNC(=O)[C@H](C)NC(=O)[C@H](C)NC(=O)CCOCCOCCOCCOCCOCCOCCOCCOCCNC(=O)CCN1C(=O)C=CC1=O)CC3. The molecule has 7 amide bonds. The molecule has 0 fully saturated rings. The van der Waals surface area contributed by atoms with Crippen molar-refractivity contribution < 1.29 is 100 Å². The van der Waals surface area contributed by atoms with E-state index < -0.39 is 96.0 Å². The number of aliphatic hydroxyl groups excluding tert-OH is 1. The van der Waals surface area contributed by atoms with Crippen LogP contribution in [-0.4, -0.2) is 222 Å². The van der Waals surface area contributed by atoms with E-state index in [9.17, 15) is 53.4 Å². The number of cyclic esters (lactones) is 1. The summed E-state index contributed by atoms with van der Waals surface area (Å²) < 4.78 is 71.2. The highest BCUT2D eigenvalue weighted by Crippen LogP contribution is 2.46. The Bertz CT molecular complexity index is 3130. The van der Waals surface area contributed by atoms with Crippen molar-refractivity contribution in [2.45, 2.75) is 103 Å². The molecule has 0 radical (unpaired) electrons. The lowest BCUT2D eigenvalue weighted by Crippen LogP contribution is -2.52. The lowest BCUT2D eigenvalue weighted by atomic mass is 9.81. The third-order valence-electron chi connectivity index (χ3n) is 15.3. The topological polar surface area (TPSA) is 368 Å². The standard InChI is InChI=1S/C60H81FN8O21/c1-5-60(80)42-30-46-54-40(32-69(46)58(78)41(42)33-90-59(60)79)53-44(7-6-39-36(2)43(61)31-45(66-54)52(39)53)67-57(77)47(70)34-89-35-63-55(75)37(3)65-56(76)38(4)64-49(72)11-14-81-16-18-83-20-22-85-24-26-87-28-29-88-27-25-86-23-21-84-19-17-82-15-12-62-48(71)10-13-68-50(73)8-9-51(68)74/h8-9,30-31,37-38,44,47,70,80H,5-7,10-29,32-35H2,1-4H3,(H,62,71)(H,63,75)(H,64,72)(H,65,76)(H,67,77)/t37-,38-,44-,47+,60-/m0/s1. The van der Waals surface area contributed by atoms with Crippen molar-refractivity contribution in [2.24, 2.45) is 0 Å². The molecule has 1 aromatic carbocycles. The number of nitrogens with one attached hydrogen (secondary N) is 5. The van der Waals surface area contributed by atoms with Gasteiger partial charge in [0.25, 0.3) is 23.3 Å². The van der Waals surface area contributed by atoms with Gasteiger partial charge in [0.2, 0.25) is 23.6 Å². The van der Waals surface area contributed by atoms with Crippen LogP contribution in [-0.2, 0) is 111 Å². The summed E-state index contributed by atoms with van der Waals surface area (Å²) in [6.45, 7) is 10.5. The quantitative estimate of drug-likeness (QED) is 0.0122. The number of rotatable bonds is 41. The first-order valence-electron chi connectivity index (χ1n) is 30.0. The van der Waals surface area contributed by atoms with Crippen molar-refractivity contribution in [1.29, 1.82) is 0 Å². The maximum atomic E-state index is 15.4. The zero-order valence-corrected chi connectivity index (χ0v) is 51.1. The largest absolute Gasteiger partial charge is 0.458 e. The lowest BCUT2D eigenvalue weighted by molar-refractivity contribution is -0.172. The number of amides is 7. The number of carbonyl (C=O) groups excluding carboxylic acids is 8. The van der Waals surface area contributed by atoms with Crippen molar-refractivity contribution >= 4 is 58.2 Å². The second-order valence-electron chi connectivity index (χ2n) is 21.4. The zero-order chi connectivity index (χ0) is 64.7. The van der Waals surface area contributed by atoms with Gasteiger partial charge in [-0.25, -0.2) is 14.2 Å². The third-order valence-corrected chi connectivity index (χ3v) is 15.3. The van der Waals surface area contributed by atoms with Crippen LogP contribution < -0.4 is 32.1 Å². The predicted octanol–water partition coefficient (Wildman–Crippen LogP) is -0.955. The second-order valence-corrected chi connectivity index (χ2v) is 21.4. The molecule has 0 spiro atoms. The first kappa shape index (κ1) is 70.2. The van der Waals surface area contributed by atoms with E-state index in [4.69, 9.17) is 52.4 Å². The molecule has 3 aromatic rings. The molecule has 3 aliphatic heterocycles. The summed E-state index contributed by atoms with van der Waals surface area (Å²) in [6, 6.07) is 0.0650. The number of fused-ring (bicyclic) bond motifs is 5. The Labute approximate surface area is 518 Å². The van der Waals surface area contributed by atoms with Gasteiger partial charge in [0.1, 0.15) is 31.2 Å². The summed E-state index contributed by atoms with van der Waals surface area (Å²) in [5.74, 6) is -5.02. The van der Waals surface area contributed by atoms with E-state index in [2.05, 4.69) is 26.6 Å². The molecule has 5 atom stereocenters. The number of halogens is 1. The van der Waals surface area contributed by atoms with E-state index in [-0.39, 0.29) is 81.3 Å². The predicted molar refractivity (Wildman–Crippen MR) is 313 cm³/mol. The van der Waals surface area contributed by atoms with Crippen molar-refractivity contribution in [1.82, 2.24) is 41.0 Å². The van der Waals surface area contributed by atoms with Crippen LogP contribution in [0.5, 0.6) is 0 Å². The Morgan fingerprint density at radius 1 is 0.711 bits per heavy atom. The van der Waals surface area contributed by atoms with E-state index in [0.29, 0.717) is 144 Å². The van der Waals surface area contributed by atoms with Crippen LogP contribution in [0.25, 0.3) is 22.3 Å². The van der Waals surface area contributed by atoms with Crippen LogP contribution in [0.4, 0.5) is 4.39 Å². The monoisotopic (exact) mass is 1270 g/mol. The van der Waals surface area contributed by atoms with E-state index in [1.54, 1.807) is 19.9 Å². The van der Waals surface area contributed by atoms with Crippen LogP contribution in [0.1, 0.15) is 85.9 Å². The molecular formula is C60H81FN8O21. The molecule has 494 valence electrons. The number of aromatic nitrogens is 2. The van der Waals surface area contributed by atoms with E-state index in [1.807, 2.05) is 0 Å². The first-order valence-corrected chi connectivity index (χ1v) is 30.0. The summed E-state index contributed by atoms with van der Waals surface area (Å²) in [6.07, 6.45) is 1.25. The molecule has 2 aromatic heterocycles. The summed E-state index contributed by atoms with van der Waals surface area (Å²) in [7, 11) is 0. The summed E-state index contributed by atoms with van der Waals surface area (Å²) in [5.41, 5.74) is 0.886. The fourth-order valence-corrected chi connectivity index (χ4v) is 10.3. The number of carbonyl (C=O) groups is 8. The number of aryl methyl sites for hydroxylation is 1. The molecule has 90 heavy (non-hydrogen) atoms. The Morgan fingerprint density at radius 2 is 1.28 bits per heavy atom. The number of imide groups is 1. The highest BCUT2D eigenvalue weighted by molar-refractivity contribution is 6.13. The molecule has 0 bridgehead atoms. The molecule has 30 heteroatoms. The number of esters is 1. The molecule has 0 saturated carbocycles. The molecule has 7 rings (SSSR count). The fraction of sp³-hybridized carbons (Fsp3) is 0.600. The smallest absolute Gasteiger partial charge is 0.343 e. The van der Waals surface area contributed by atoms with Gasteiger partial charge < -0.3 is 88.7 Å². The van der Waals surface area contributed by atoms with Crippen LogP contribution in [0.15, 0.2) is 29.1 Å². The summed E-state index contributed by atoms with van der Waals surface area (Å²) in [4.78, 5) is 119. The van der Waals surface area contributed by atoms with Gasteiger partial charge in [0.05, 0.1) is 147 Å². The van der Waals surface area contributed by atoms with Gasteiger partial charge in [-0.3, -0.25) is 43.3 Å². The number of pyridine rings is 2. The van der Waals surface area contributed by atoms with Crippen molar-refractivity contribution in [3.63, 3.8) is 0 Å². The molecule has 29 nitrogen and oxygen atoms in total. The highest BCUT2D eigenvalue weighted by atomic mass is 19.1. The highest BCUT2D eigenvalue weighted by Gasteiger charge is 2.46. The maximum absolute atomic E-state index is 15.4. The second kappa shape index (κ2) is 34.8. The van der Waals surface area contributed by atoms with Gasteiger partial charge in [0.15, 0.2) is 11.7 Å². The Kier molecular flexibility index (Phi) is 27.2. The molecule has 0 unspecified atom stereocenters. The van der Waals surface area contributed by atoms with Crippen LogP contribution >= 0.6 is 0 Å². The van der Waals surface area contributed by atoms with E-state index in [1.165, 1.54) is 36.6 Å². The number of aliphatic hydroxyl groups is 2. The fourth-order valence-electron chi connectivity index (χ4n) is 10.3. The van der Waals surface area contributed by atoms with E-state index in [0.717, 1.165) is 4.90 Å². The van der Waals surface area contributed by atoms with Crippen molar-refractivity contribution in [3.05, 3.63) is 73.8 Å². The lowest BCUT2D eigenvalue weighted by Gasteiger charge is -2.31. The average Bonchev–Trinajstić information content (AvgIpc) is 1.45. The number of hydrogen-bond donors (Lipinski definition) is 7. The number of nitrogens with zero attached hydrogens (tertiary/aromatic N) is 3. The zero-order valence-electron chi connectivity index (χ0n) is 51.1. The van der Waals surface area contributed by atoms with Crippen molar-refractivity contribution in [2.75, 3.05) is 132 Å². The molecule has 5 heterocycles. The van der Waals surface area contributed by atoms with Gasteiger partial charge >= 0.3 is 5.97 Å². The molecule has 4 aliphatic rings. The molecule has 1 aliphatic carbocycles. The van der Waals surface area contributed by atoms with Crippen molar-refractivity contribution in [3.8, 4) is 11.4 Å². The normalized spacial score (nSPS) is 17.3. The molecule has 0 saturated heterocycles. The Hall–Kier alpha value is -7.23. The maximum Gasteiger partial charge on any atom is 0.343 e. The Morgan fingerprint density at radius 3 is 1.87 bits per heavy atom. The van der Waals surface area contributed by atoms with E-state index >= 15 is 4.39 Å². The number of benzene rings is 1. The minimum absolute atomic E-state index is 0.0224. The summed E-state index contributed by atoms with van der Waals surface area (Å²) in [5, 5.41) is 36.0. The van der Waals surface area contributed by atoms with Gasteiger partial charge in [-0.1, -0.05) is 6.92 Å². The Balaban J connectivity index is 0.658. The first-order chi connectivity index (χ1) is 43.3. The van der Waals surface area contributed by atoms with Crippen LogP contribution in [0.3, 0.4) is 0 Å². The van der Waals surface area contributed by atoms with Gasteiger partial charge in [-0.05, 0) is 62.8 Å². The number of hydrogen-bond acceptors (Lipinski definition) is 22. The van der Waals surface area contributed by atoms with Crippen LogP contribution in [0.2, 0.25) is 0 Å². The minimum atomic E-state index is -2.06. The van der Waals surface area contributed by atoms with Gasteiger partial charge in [-0.15, -0.1) is 0 Å². The minimum Gasteiger partial charge on any atom is -0.458 e.